The minimum absolute atomic E-state index is 0.0936. The summed E-state index contributed by atoms with van der Waals surface area (Å²) >= 11 is 6.30. The Kier molecular flexibility index (Phi) is 8.02. The highest BCUT2D eigenvalue weighted by Gasteiger charge is 2.20. The second-order valence-corrected chi connectivity index (χ2v) is 6.37. The van der Waals surface area contributed by atoms with Crippen molar-refractivity contribution in [3.63, 3.8) is 0 Å². The second kappa shape index (κ2) is 10.3. The lowest BCUT2D eigenvalue weighted by atomic mass is 10.1. The number of unbranched alkanes of at least 4 members (excludes halogenated alkanes) is 1. The van der Waals surface area contributed by atoms with Crippen molar-refractivity contribution in [1.82, 2.24) is 5.32 Å². The molecule has 1 unspecified atom stereocenters. The summed E-state index contributed by atoms with van der Waals surface area (Å²) in [5, 5.41) is 3.51. The van der Waals surface area contributed by atoms with Gasteiger partial charge in [-0.25, -0.2) is 0 Å². The van der Waals surface area contributed by atoms with E-state index in [1.165, 1.54) is 0 Å². The third kappa shape index (κ3) is 5.62. The standard InChI is InChI=1S/C20H26ClNO3/c1-3-4-5-11-17(20(23)22-14-15-9-8-13-25-15)19(24-2)16-10-6-7-12-18(16)21/h5-7,10-12,15H,3-4,8-9,13-14H2,1-2H3,(H,22,23)/b11-5+,19-17+. The van der Waals surface area contributed by atoms with Crippen molar-refractivity contribution in [3.8, 4) is 0 Å². The van der Waals surface area contributed by atoms with Gasteiger partial charge < -0.3 is 14.8 Å². The summed E-state index contributed by atoms with van der Waals surface area (Å²) in [4.78, 5) is 12.8. The number of rotatable bonds is 8. The molecule has 1 amide bonds. The molecule has 1 aliphatic heterocycles. The molecule has 25 heavy (non-hydrogen) atoms. The summed E-state index contributed by atoms with van der Waals surface area (Å²) in [5.41, 5.74) is 1.18. The molecule has 2 rings (SSSR count). The average Bonchev–Trinajstić information content (AvgIpc) is 3.14. The predicted molar refractivity (Wildman–Crippen MR) is 101 cm³/mol. The Hall–Kier alpha value is -1.78. The Morgan fingerprint density at radius 2 is 2.24 bits per heavy atom. The zero-order chi connectivity index (χ0) is 18.1. The van der Waals surface area contributed by atoms with Crippen LogP contribution in [0.3, 0.4) is 0 Å². The number of nitrogens with one attached hydrogen (secondary N) is 1. The second-order valence-electron chi connectivity index (χ2n) is 5.96. The summed E-state index contributed by atoms with van der Waals surface area (Å²) in [6.45, 7) is 3.36. The van der Waals surface area contributed by atoms with E-state index in [1.807, 2.05) is 30.4 Å². The van der Waals surface area contributed by atoms with Gasteiger partial charge in [-0.2, -0.15) is 0 Å². The molecule has 1 atom stereocenters. The van der Waals surface area contributed by atoms with Crippen molar-refractivity contribution in [1.29, 1.82) is 0 Å². The molecule has 1 saturated heterocycles. The van der Waals surface area contributed by atoms with Crippen molar-refractivity contribution < 1.29 is 14.3 Å². The third-order valence-electron chi connectivity index (χ3n) is 4.07. The molecule has 0 bridgehead atoms. The van der Waals surface area contributed by atoms with Crippen molar-refractivity contribution in [2.75, 3.05) is 20.3 Å². The van der Waals surface area contributed by atoms with E-state index in [2.05, 4.69) is 12.2 Å². The van der Waals surface area contributed by atoms with Crippen molar-refractivity contribution in [2.45, 2.75) is 38.7 Å². The SMILES string of the molecule is CCC/C=C/C(C(=O)NCC1CCCO1)=C(\OC)c1ccccc1Cl. The van der Waals surface area contributed by atoms with Crippen molar-refractivity contribution in [2.24, 2.45) is 0 Å². The third-order valence-corrected chi connectivity index (χ3v) is 4.40. The topological polar surface area (TPSA) is 47.6 Å². The average molecular weight is 364 g/mol. The van der Waals surface area contributed by atoms with Crippen LogP contribution in [0.2, 0.25) is 5.02 Å². The van der Waals surface area contributed by atoms with Crippen LogP contribution in [0.1, 0.15) is 38.2 Å². The number of carbonyl (C=O) groups is 1. The van der Waals surface area contributed by atoms with E-state index in [0.29, 0.717) is 28.5 Å². The Morgan fingerprint density at radius 1 is 1.44 bits per heavy atom. The molecule has 136 valence electrons. The van der Waals surface area contributed by atoms with Gasteiger partial charge in [0.05, 0.1) is 23.8 Å². The monoisotopic (exact) mass is 363 g/mol. The maximum atomic E-state index is 12.8. The number of ether oxygens (including phenoxy) is 2. The minimum Gasteiger partial charge on any atom is -0.495 e. The lowest BCUT2D eigenvalue weighted by molar-refractivity contribution is -0.117. The van der Waals surface area contributed by atoms with Gasteiger partial charge in [0.15, 0.2) is 0 Å². The van der Waals surface area contributed by atoms with Crippen LogP contribution < -0.4 is 5.32 Å². The van der Waals surface area contributed by atoms with Gasteiger partial charge in [-0.05, 0) is 37.5 Å². The molecule has 0 radical (unpaired) electrons. The molecular weight excluding hydrogens is 338 g/mol. The van der Waals surface area contributed by atoms with Gasteiger partial charge in [-0.1, -0.05) is 43.2 Å². The first-order chi connectivity index (χ1) is 12.2. The highest BCUT2D eigenvalue weighted by atomic mass is 35.5. The normalized spacial score (nSPS) is 18.3. The number of benzene rings is 1. The van der Waals surface area contributed by atoms with Crippen LogP contribution in [0, 0.1) is 0 Å². The highest BCUT2D eigenvalue weighted by Crippen LogP contribution is 2.27. The van der Waals surface area contributed by atoms with Crippen LogP contribution in [-0.4, -0.2) is 32.3 Å². The van der Waals surface area contributed by atoms with Crippen LogP contribution in [0.4, 0.5) is 0 Å². The van der Waals surface area contributed by atoms with Gasteiger partial charge in [0, 0.05) is 18.7 Å². The fourth-order valence-corrected chi connectivity index (χ4v) is 2.96. The van der Waals surface area contributed by atoms with Crippen LogP contribution in [0.15, 0.2) is 42.0 Å². The van der Waals surface area contributed by atoms with E-state index in [-0.39, 0.29) is 12.0 Å². The first-order valence-electron chi connectivity index (χ1n) is 8.76. The molecule has 0 aliphatic carbocycles. The molecule has 1 fully saturated rings. The summed E-state index contributed by atoms with van der Waals surface area (Å²) in [5.74, 6) is 0.294. The highest BCUT2D eigenvalue weighted by molar-refractivity contribution is 6.32. The Bertz CT molecular complexity index is 634. The van der Waals surface area contributed by atoms with Gasteiger partial charge >= 0.3 is 0 Å². The van der Waals surface area contributed by atoms with E-state index in [9.17, 15) is 4.79 Å². The number of carbonyl (C=O) groups excluding carboxylic acids is 1. The van der Waals surface area contributed by atoms with Gasteiger partial charge in [0.25, 0.3) is 5.91 Å². The van der Waals surface area contributed by atoms with Gasteiger partial charge in [0.2, 0.25) is 0 Å². The first kappa shape index (κ1) is 19.5. The molecular formula is C20H26ClNO3. The molecule has 1 aromatic carbocycles. The van der Waals surface area contributed by atoms with E-state index < -0.39 is 0 Å². The van der Waals surface area contributed by atoms with Crippen LogP contribution in [0.25, 0.3) is 5.76 Å². The molecule has 0 aromatic heterocycles. The van der Waals surface area contributed by atoms with Crippen LogP contribution in [0.5, 0.6) is 0 Å². The fraction of sp³-hybridized carbons (Fsp3) is 0.450. The smallest absolute Gasteiger partial charge is 0.255 e. The minimum atomic E-state index is -0.181. The van der Waals surface area contributed by atoms with E-state index in [4.69, 9.17) is 21.1 Å². The van der Waals surface area contributed by atoms with Gasteiger partial charge in [-0.15, -0.1) is 0 Å². The number of hydrogen-bond acceptors (Lipinski definition) is 3. The van der Waals surface area contributed by atoms with E-state index in [1.54, 1.807) is 13.2 Å². The summed E-state index contributed by atoms with van der Waals surface area (Å²) in [6.07, 6.45) is 7.82. The van der Waals surface area contributed by atoms with Gasteiger partial charge in [-0.3, -0.25) is 4.79 Å². The summed E-state index contributed by atoms with van der Waals surface area (Å²) in [6, 6.07) is 7.36. The first-order valence-corrected chi connectivity index (χ1v) is 9.14. The molecule has 1 aromatic rings. The number of allylic oxidation sites excluding steroid dienone is 1. The fourth-order valence-electron chi connectivity index (χ4n) is 2.74. The molecule has 0 spiro atoms. The predicted octanol–water partition coefficient (Wildman–Crippen LogP) is 4.35. The van der Waals surface area contributed by atoms with E-state index in [0.717, 1.165) is 32.3 Å². The van der Waals surface area contributed by atoms with E-state index >= 15 is 0 Å². The lowest BCUT2D eigenvalue weighted by Gasteiger charge is -2.15. The summed E-state index contributed by atoms with van der Waals surface area (Å²) in [7, 11) is 1.56. The zero-order valence-corrected chi connectivity index (χ0v) is 15.6. The number of halogens is 1. The Labute approximate surface area is 154 Å². The maximum absolute atomic E-state index is 12.8. The number of amides is 1. The van der Waals surface area contributed by atoms with Crippen LogP contribution in [-0.2, 0) is 14.3 Å². The molecule has 5 heteroatoms. The Morgan fingerprint density at radius 3 is 2.88 bits per heavy atom. The number of methoxy groups -OCH3 is 1. The largest absolute Gasteiger partial charge is 0.495 e. The van der Waals surface area contributed by atoms with Crippen LogP contribution >= 0.6 is 11.6 Å². The quantitative estimate of drug-likeness (QED) is 0.424. The molecule has 1 aliphatic rings. The zero-order valence-electron chi connectivity index (χ0n) is 14.9. The molecule has 0 saturated carbocycles. The van der Waals surface area contributed by atoms with Gasteiger partial charge in [0.1, 0.15) is 5.76 Å². The molecule has 1 heterocycles. The number of hydrogen-bond donors (Lipinski definition) is 1. The van der Waals surface area contributed by atoms with Crippen molar-refractivity contribution in [3.05, 3.63) is 52.6 Å². The van der Waals surface area contributed by atoms with Crippen molar-refractivity contribution >= 4 is 23.3 Å². The molecule has 1 N–H and O–H groups in total. The molecule has 4 nitrogen and oxygen atoms in total. The maximum Gasteiger partial charge on any atom is 0.255 e. The lowest BCUT2D eigenvalue weighted by Crippen LogP contribution is -2.32. The Balaban J connectivity index is 2.28. The summed E-state index contributed by atoms with van der Waals surface area (Å²) < 4.78 is 11.1.